The highest BCUT2D eigenvalue weighted by atomic mass is 32.2. The van der Waals surface area contributed by atoms with Gasteiger partial charge in [-0.3, -0.25) is 4.79 Å². The number of sulfonamides is 1. The molecule has 1 saturated heterocycles. The van der Waals surface area contributed by atoms with Crippen LogP contribution in [0.4, 0.5) is 5.00 Å². The van der Waals surface area contributed by atoms with Crippen molar-refractivity contribution in [1.29, 1.82) is 5.26 Å². The average molecular weight is 353 g/mol. The van der Waals surface area contributed by atoms with E-state index in [1.807, 2.05) is 0 Å². The minimum atomic E-state index is -3.27. The summed E-state index contributed by atoms with van der Waals surface area (Å²) in [6.07, 6.45) is 5.45. The third kappa shape index (κ3) is 3.27. The maximum Gasteiger partial charge on any atom is 0.229 e. The molecule has 124 valence electrons. The summed E-state index contributed by atoms with van der Waals surface area (Å²) in [7, 11) is -3.27. The topological polar surface area (TPSA) is 90.3 Å². The summed E-state index contributed by atoms with van der Waals surface area (Å²) in [5.74, 6) is -0.545. The van der Waals surface area contributed by atoms with Gasteiger partial charge in [0.15, 0.2) is 0 Å². The Kier molecular flexibility index (Phi) is 4.45. The maximum absolute atomic E-state index is 12.5. The van der Waals surface area contributed by atoms with E-state index in [0.29, 0.717) is 30.0 Å². The lowest BCUT2D eigenvalue weighted by Crippen LogP contribution is -2.43. The number of piperidine rings is 1. The van der Waals surface area contributed by atoms with Crippen LogP contribution < -0.4 is 5.32 Å². The molecule has 1 atom stereocenters. The van der Waals surface area contributed by atoms with Gasteiger partial charge >= 0.3 is 0 Å². The highest BCUT2D eigenvalue weighted by molar-refractivity contribution is 7.88. The number of carbonyl (C=O) groups excluding carboxylic acids is 1. The summed E-state index contributed by atoms with van der Waals surface area (Å²) in [5.41, 5.74) is 1.67. The van der Waals surface area contributed by atoms with Crippen molar-refractivity contribution in [3.8, 4) is 6.07 Å². The summed E-state index contributed by atoms with van der Waals surface area (Å²) in [4.78, 5) is 13.7. The molecule has 0 bridgehead atoms. The molecule has 1 fully saturated rings. The fourth-order valence-electron chi connectivity index (χ4n) is 3.28. The van der Waals surface area contributed by atoms with Crippen LogP contribution in [0.2, 0.25) is 0 Å². The molecule has 1 aromatic heterocycles. The Hall–Kier alpha value is -1.43. The smallest absolute Gasteiger partial charge is 0.229 e. The number of fused-ring (bicyclic) bond motifs is 1. The number of hydrogen-bond donors (Lipinski definition) is 1. The molecule has 1 aliphatic carbocycles. The lowest BCUT2D eigenvalue weighted by molar-refractivity contribution is -0.120. The van der Waals surface area contributed by atoms with Gasteiger partial charge in [0, 0.05) is 18.0 Å². The number of nitrogens with one attached hydrogen (secondary N) is 1. The zero-order chi connectivity index (χ0) is 16.6. The third-order valence-electron chi connectivity index (χ3n) is 4.49. The minimum absolute atomic E-state index is 0.185. The van der Waals surface area contributed by atoms with Crippen LogP contribution in [-0.4, -0.2) is 38.0 Å². The number of hydrogen-bond acceptors (Lipinski definition) is 5. The molecule has 0 aromatic carbocycles. The number of aryl methyl sites for hydroxylation is 1. The summed E-state index contributed by atoms with van der Waals surface area (Å²) in [5, 5.41) is 12.9. The summed E-state index contributed by atoms with van der Waals surface area (Å²) < 4.78 is 24.7. The molecular weight excluding hydrogens is 334 g/mol. The third-order valence-corrected chi connectivity index (χ3v) is 6.97. The van der Waals surface area contributed by atoms with E-state index in [2.05, 4.69) is 11.4 Å². The first-order chi connectivity index (χ1) is 10.9. The van der Waals surface area contributed by atoms with Gasteiger partial charge in [-0.25, -0.2) is 12.7 Å². The first-order valence-electron chi connectivity index (χ1n) is 7.70. The zero-order valence-electron chi connectivity index (χ0n) is 13.0. The van der Waals surface area contributed by atoms with E-state index in [0.717, 1.165) is 24.8 Å². The Morgan fingerprint density at radius 1 is 1.39 bits per heavy atom. The van der Waals surface area contributed by atoms with Crippen LogP contribution in [0.15, 0.2) is 0 Å². The summed E-state index contributed by atoms with van der Waals surface area (Å²) >= 11 is 1.49. The quantitative estimate of drug-likeness (QED) is 0.896. The zero-order valence-corrected chi connectivity index (χ0v) is 14.6. The molecule has 1 aliphatic heterocycles. The fourth-order valence-corrected chi connectivity index (χ4v) is 5.44. The first kappa shape index (κ1) is 16.4. The van der Waals surface area contributed by atoms with Crippen molar-refractivity contribution in [3.05, 3.63) is 16.0 Å². The lowest BCUT2D eigenvalue weighted by atomic mass is 9.99. The molecule has 23 heavy (non-hydrogen) atoms. The predicted octanol–water partition coefficient (Wildman–Crippen LogP) is 1.72. The molecule has 1 N–H and O–H groups in total. The van der Waals surface area contributed by atoms with Gasteiger partial charge in [0.25, 0.3) is 0 Å². The van der Waals surface area contributed by atoms with Crippen LogP contribution in [0.5, 0.6) is 0 Å². The van der Waals surface area contributed by atoms with Crippen LogP contribution in [0.3, 0.4) is 0 Å². The Morgan fingerprint density at radius 2 is 2.17 bits per heavy atom. The number of thiophene rings is 1. The molecule has 0 unspecified atom stereocenters. The fraction of sp³-hybridized carbons (Fsp3) is 0.600. The van der Waals surface area contributed by atoms with Crippen molar-refractivity contribution in [1.82, 2.24) is 4.31 Å². The van der Waals surface area contributed by atoms with Crippen molar-refractivity contribution in [3.63, 3.8) is 0 Å². The normalized spacial score (nSPS) is 21.7. The van der Waals surface area contributed by atoms with Crippen molar-refractivity contribution < 1.29 is 13.2 Å². The van der Waals surface area contributed by atoms with E-state index in [9.17, 15) is 18.5 Å². The molecule has 1 amide bonds. The second-order valence-electron chi connectivity index (χ2n) is 6.12. The van der Waals surface area contributed by atoms with E-state index >= 15 is 0 Å². The molecule has 0 spiro atoms. The molecule has 0 radical (unpaired) electrons. The van der Waals surface area contributed by atoms with Crippen molar-refractivity contribution in [2.75, 3.05) is 24.7 Å². The van der Waals surface area contributed by atoms with E-state index in [-0.39, 0.29) is 18.4 Å². The van der Waals surface area contributed by atoms with Gasteiger partial charge in [0.1, 0.15) is 11.1 Å². The van der Waals surface area contributed by atoms with Crippen molar-refractivity contribution in [2.24, 2.45) is 5.92 Å². The number of carbonyl (C=O) groups is 1. The molecule has 6 nitrogen and oxygen atoms in total. The van der Waals surface area contributed by atoms with Crippen LogP contribution >= 0.6 is 11.3 Å². The minimum Gasteiger partial charge on any atom is -0.316 e. The Morgan fingerprint density at radius 3 is 2.87 bits per heavy atom. The Bertz CT molecular complexity index is 777. The van der Waals surface area contributed by atoms with Crippen LogP contribution in [0, 0.1) is 17.2 Å². The predicted molar refractivity (Wildman–Crippen MR) is 88.8 cm³/mol. The van der Waals surface area contributed by atoms with Gasteiger partial charge in [-0.15, -0.1) is 11.3 Å². The van der Waals surface area contributed by atoms with E-state index in [4.69, 9.17) is 0 Å². The van der Waals surface area contributed by atoms with Crippen molar-refractivity contribution in [2.45, 2.75) is 32.1 Å². The average Bonchev–Trinajstić information content (AvgIpc) is 3.06. The molecule has 8 heteroatoms. The molecule has 0 saturated carbocycles. The summed E-state index contributed by atoms with van der Waals surface area (Å²) in [6.45, 7) is 0.691. The SMILES string of the molecule is CS(=O)(=O)N1CCC[C@H](C(=O)Nc2sc3c(c2C#N)CCC3)C1. The van der Waals surface area contributed by atoms with Crippen LogP contribution in [-0.2, 0) is 27.7 Å². The van der Waals surface area contributed by atoms with E-state index in [1.165, 1.54) is 26.8 Å². The largest absolute Gasteiger partial charge is 0.316 e. The monoisotopic (exact) mass is 353 g/mol. The maximum atomic E-state index is 12.5. The molecule has 2 aliphatic rings. The Labute approximate surface area is 140 Å². The van der Waals surface area contributed by atoms with E-state index in [1.54, 1.807) is 0 Å². The number of nitriles is 1. The van der Waals surface area contributed by atoms with Crippen LogP contribution in [0.25, 0.3) is 0 Å². The highest BCUT2D eigenvalue weighted by Crippen LogP contribution is 2.38. The Balaban J connectivity index is 1.74. The van der Waals surface area contributed by atoms with E-state index < -0.39 is 10.0 Å². The second-order valence-corrected chi connectivity index (χ2v) is 9.21. The number of anilines is 1. The molecular formula is C15H19N3O3S2. The molecule has 2 heterocycles. The molecule has 3 rings (SSSR count). The molecule has 1 aromatic rings. The first-order valence-corrected chi connectivity index (χ1v) is 10.4. The second kappa shape index (κ2) is 6.23. The lowest BCUT2D eigenvalue weighted by Gasteiger charge is -2.30. The van der Waals surface area contributed by atoms with Crippen molar-refractivity contribution >= 4 is 32.3 Å². The van der Waals surface area contributed by atoms with Gasteiger partial charge in [0.05, 0.1) is 17.7 Å². The number of rotatable bonds is 3. The van der Waals surface area contributed by atoms with Gasteiger partial charge in [-0.2, -0.15) is 5.26 Å². The summed E-state index contributed by atoms with van der Waals surface area (Å²) in [6, 6.07) is 2.21. The standard InChI is InChI=1S/C15H19N3O3S2/c1-23(20,21)18-7-3-4-10(9-18)14(19)17-15-12(8-16)11-5-2-6-13(11)22-15/h10H,2-7,9H2,1H3,(H,17,19)/t10-/m0/s1. The van der Waals surface area contributed by atoms with Gasteiger partial charge in [-0.1, -0.05) is 0 Å². The number of amides is 1. The number of nitrogens with zero attached hydrogens (tertiary/aromatic N) is 2. The van der Waals surface area contributed by atoms with Crippen LogP contribution in [0.1, 0.15) is 35.3 Å². The van der Waals surface area contributed by atoms with Gasteiger partial charge in [0.2, 0.25) is 15.9 Å². The highest BCUT2D eigenvalue weighted by Gasteiger charge is 2.31. The van der Waals surface area contributed by atoms with Gasteiger partial charge < -0.3 is 5.32 Å². The van der Waals surface area contributed by atoms with Gasteiger partial charge in [-0.05, 0) is 37.7 Å².